The van der Waals surface area contributed by atoms with Crippen LogP contribution in [0.25, 0.3) is 0 Å². The van der Waals surface area contributed by atoms with E-state index in [-0.39, 0.29) is 6.42 Å². The van der Waals surface area contributed by atoms with Crippen LogP contribution in [-0.2, 0) is 16.0 Å². The summed E-state index contributed by atoms with van der Waals surface area (Å²) < 4.78 is 10.8. The number of carbonyl (C=O) groups excluding carboxylic acids is 1. The highest BCUT2D eigenvalue weighted by Gasteiger charge is 2.23. The Morgan fingerprint density at radius 1 is 1.00 bits per heavy atom. The number of aryl methyl sites for hydroxylation is 1. The lowest BCUT2D eigenvalue weighted by atomic mass is 10.1. The van der Waals surface area contributed by atoms with Crippen molar-refractivity contribution in [2.45, 2.75) is 45.3 Å². The van der Waals surface area contributed by atoms with Gasteiger partial charge in [-0.1, -0.05) is 30.3 Å². The molecule has 2 rings (SSSR count). The van der Waals surface area contributed by atoms with E-state index in [0.717, 1.165) is 11.3 Å². The van der Waals surface area contributed by atoms with Gasteiger partial charge in [0.15, 0.2) is 0 Å². The van der Waals surface area contributed by atoms with Gasteiger partial charge in [-0.2, -0.15) is 0 Å². The average molecular weight is 371 g/mol. The Labute approximate surface area is 159 Å². The Morgan fingerprint density at radius 3 is 2.15 bits per heavy atom. The number of carbonyl (C=O) groups is 2. The summed E-state index contributed by atoms with van der Waals surface area (Å²) in [6.45, 7) is 5.17. The first kappa shape index (κ1) is 20.3. The van der Waals surface area contributed by atoms with Crippen LogP contribution >= 0.6 is 0 Å². The molecule has 1 unspecified atom stereocenters. The Hall–Kier alpha value is -3.02. The van der Waals surface area contributed by atoms with Gasteiger partial charge in [-0.25, -0.2) is 9.59 Å². The highest BCUT2D eigenvalue weighted by Crippen LogP contribution is 2.21. The lowest BCUT2D eigenvalue weighted by Gasteiger charge is -2.22. The van der Waals surface area contributed by atoms with Crippen molar-refractivity contribution < 1.29 is 24.2 Å². The van der Waals surface area contributed by atoms with Gasteiger partial charge in [-0.3, -0.25) is 0 Å². The van der Waals surface area contributed by atoms with E-state index in [1.165, 1.54) is 0 Å². The summed E-state index contributed by atoms with van der Waals surface area (Å²) in [6, 6.07) is 15.9. The van der Waals surface area contributed by atoms with Crippen molar-refractivity contribution in [2.75, 3.05) is 0 Å². The molecule has 0 fully saturated rings. The predicted octanol–water partition coefficient (Wildman–Crippen LogP) is 4.39. The smallest absolute Gasteiger partial charge is 0.408 e. The van der Waals surface area contributed by atoms with E-state index >= 15 is 0 Å². The van der Waals surface area contributed by atoms with E-state index in [9.17, 15) is 14.7 Å². The van der Waals surface area contributed by atoms with E-state index in [0.29, 0.717) is 12.2 Å². The van der Waals surface area contributed by atoms with Crippen LogP contribution in [0.4, 0.5) is 4.79 Å². The zero-order chi connectivity index (χ0) is 19.9. The first-order valence-electron chi connectivity index (χ1n) is 8.77. The van der Waals surface area contributed by atoms with Crippen LogP contribution in [0.5, 0.6) is 11.5 Å². The van der Waals surface area contributed by atoms with Gasteiger partial charge in [-0.05, 0) is 63.4 Å². The molecule has 2 aromatic carbocycles. The molecule has 6 heteroatoms. The number of alkyl carbamates (subject to hydrolysis) is 1. The summed E-state index contributed by atoms with van der Waals surface area (Å²) in [5, 5.41) is 11.7. The van der Waals surface area contributed by atoms with Gasteiger partial charge < -0.3 is 19.9 Å². The van der Waals surface area contributed by atoms with Crippen molar-refractivity contribution in [3.63, 3.8) is 0 Å². The second-order valence-electron chi connectivity index (χ2n) is 7.13. The third kappa shape index (κ3) is 7.40. The Morgan fingerprint density at radius 2 is 1.59 bits per heavy atom. The van der Waals surface area contributed by atoms with E-state index in [4.69, 9.17) is 9.47 Å². The monoisotopic (exact) mass is 371 g/mol. The van der Waals surface area contributed by atoms with Crippen LogP contribution < -0.4 is 10.1 Å². The molecule has 0 aromatic heterocycles. The lowest BCUT2D eigenvalue weighted by Crippen LogP contribution is -2.43. The van der Waals surface area contributed by atoms with Gasteiger partial charge in [0, 0.05) is 0 Å². The molecule has 0 bridgehead atoms. The van der Waals surface area contributed by atoms with Crippen LogP contribution in [0.2, 0.25) is 0 Å². The number of rotatable bonds is 7. The summed E-state index contributed by atoms with van der Waals surface area (Å²) in [5.74, 6) is 0.356. The number of nitrogens with one attached hydrogen (secondary N) is 1. The molecule has 27 heavy (non-hydrogen) atoms. The first-order chi connectivity index (χ1) is 12.7. The average Bonchev–Trinajstić information content (AvgIpc) is 2.59. The molecule has 0 aliphatic carbocycles. The number of hydrogen-bond acceptors (Lipinski definition) is 4. The molecule has 0 saturated carbocycles. The van der Waals surface area contributed by atoms with Gasteiger partial charge in [0.25, 0.3) is 0 Å². The summed E-state index contributed by atoms with van der Waals surface area (Å²) in [7, 11) is 0. The van der Waals surface area contributed by atoms with Gasteiger partial charge in [0.2, 0.25) is 0 Å². The fraction of sp³-hybridized carbons (Fsp3) is 0.333. The second kappa shape index (κ2) is 9.07. The number of hydrogen-bond donors (Lipinski definition) is 2. The van der Waals surface area contributed by atoms with Crippen molar-refractivity contribution in [2.24, 2.45) is 0 Å². The zero-order valence-electron chi connectivity index (χ0n) is 15.8. The molecule has 2 aromatic rings. The number of para-hydroxylation sites is 1. The molecule has 0 aliphatic heterocycles. The number of carboxylic acid groups (broad SMARTS) is 1. The SMILES string of the molecule is CC(C)(C)OC(=O)NC(CCc1ccc(Oc2ccccc2)cc1)C(=O)O. The standard InChI is InChI=1S/C21H25NO5/c1-21(2,3)27-20(25)22-18(19(23)24)14-11-15-9-12-17(13-10-15)26-16-7-5-4-6-8-16/h4-10,12-13,18H,11,14H2,1-3H3,(H,22,25)(H,23,24). The van der Waals surface area contributed by atoms with Gasteiger partial charge in [0.05, 0.1) is 0 Å². The molecule has 1 atom stereocenters. The molecule has 0 heterocycles. The third-order valence-electron chi connectivity index (χ3n) is 3.61. The maximum atomic E-state index is 11.8. The highest BCUT2D eigenvalue weighted by atomic mass is 16.6. The van der Waals surface area contributed by atoms with Crippen molar-refractivity contribution in [3.05, 3.63) is 60.2 Å². The minimum absolute atomic E-state index is 0.257. The molecule has 0 aliphatic rings. The molecule has 1 amide bonds. The predicted molar refractivity (Wildman–Crippen MR) is 102 cm³/mol. The number of amides is 1. The van der Waals surface area contributed by atoms with Crippen LogP contribution in [0.3, 0.4) is 0 Å². The summed E-state index contributed by atoms with van der Waals surface area (Å²) in [5.41, 5.74) is 0.273. The quantitative estimate of drug-likeness (QED) is 0.754. The van der Waals surface area contributed by atoms with Crippen LogP contribution in [-0.4, -0.2) is 28.8 Å². The fourth-order valence-electron chi connectivity index (χ4n) is 2.37. The number of benzene rings is 2. The minimum atomic E-state index is -1.09. The summed E-state index contributed by atoms with van der Waals surface area (Å²) in [6.07, 6.45) is 0.0211. The topological polar surface area (TPSA) is 84.9 Å². The second-order valence-corrected chi connectivity index (χ2v) is 7.13. The molecular weight excluding hydrogens is 346 g/mol. The molecule has 0 radical (unpaired) electrons. The first-order valence-corrected chi connectivity index (χ1v) is 8.77. The Bertz CT molecular complexity index is 750. The van der Waals surface area contributed by atoms with Gasteiger partial charge in [-0.15, -0.1) is 0 Å². The minimum Gasteiger partial charge on any atom is -0.480 e. The maximum absolute atomic E-state index is 11.8. The maximum Gasteiger partial charge on any atom is 0.408 e. The third-order valence-corrected chi connectivity index (χ3v) is 3.61. The number of carboxylic acids is 1. The van der Waals surface area contributed by atoms with Gasteiger partial charge in [0.1, 0.15) is 23.1 Å². The van der Waals surface area contributed by atoms with E-state index in [1.54, 1.807) is 20.8 Å². The summed E-state index contributed by atoms with van der Waals surface area (Å²) in [4.78, 5) is 23.2. The Balaban J connectivity index is 1.89. The van der Waals surface area contributed by atoms with E-state index < -0.39 is 23.7 Å². The Kier molecular flexibility index (Phi) is 6.82. The molecule has 0 saturated heterocycles. The van der Waals surface area contributed by atoms with Crippen molar-refractivity contribution in [1.82, 2.24) is 5.32 Å². The molecule has 144 valence electrons. The van der Waals surface area contributed by atoms with E-state index in [1.807, 2.05) is 54.6 Å². The molecule has 2 N–H and O–H groups in total. The molecular formula is C21H25NO5. The number of ether oxygens (including phenoxy) is 2. The van der Waals surface area contributed by atoms with Crippen LogP contribution in [0, 0.1) is 0 Å². The lowest BCUT2D eigenvalue weighted by molar-refractivity contribution is -0.139. The highest BCUT2D eigenvalue weighted by molar-refractivity contribution is 5.80. The molecule has 0 spiro atoms. The van der Waals surface area contributed by atoms with Crippen molar-refractivity contribution >= 4 is 12.1 Å². The normalized spacial score (nSPS) is 12.1. The van der Waals surface area contributed by atoms with E-state index in [2.05, 4.69) is 5.32 Å². The fourth-order valence-corrected chi connectivity index (χ4v) is 2.37. The van der Waals surface area contributed by atoms with Crippen molar-refractivity contribution in [3.8, 4) is 11.5 Å². The summed E-state index contributed by atoms with van der Waals surface area (Å²) >= 11 is 0. The number of aliphatic carboxylic acids is 1. The van der Waals surface area contributed by atoms with Crippen molar-refractivity contribution in [1.29, 1.82) is 0 Å². The van der Waals surface area contributed by atoms with Crippen LogP contribution in [0.15, 0.2) is 54.6 Å². The zero-order valence-corrected chi connectivity index (χ0v) is 15.8. The van der Waals surface area contributed by atoms with Crippen LogP contribution in [0.1, 0.15) is 32.8 Å². The largest absolute Gasteiger partial charge is 0.480 e. The van der Waals surface area contributed by atoms with Gasteiger partial charge >= 0.3 is 12.1 Å². The molecule has 6 nitrogen and oxygen atoms in total.